The molecule has 0 aromatic heterocycles. The summed E-state index contributed by atoms with van der Waals surface area (Å²) < 4.78 is 12.8. The minimum atomic E-state index is -0.308. The van der Waals surface area contributed by atoms with Crippen LogP contribution in [0.3, 0.4) is 0 Å². The minimum Gasteiger partial charge on any atom is -0.398 e. The van der Waals surface area contributed by atoms with Gasteiger partial charge in [-0.05, 0) is 24.1 Å². The Morgan fingerprint density at radius 2 is 2.33 bits per heavy atom. The molecule has 3 nitrogen and oxygen atoms in total. The van der Waals surface area contributed by atoms with Crippen LogP contribution in [0.25, 0.3) is 0 Å². The van der Waals surface area contributed by atoms with Crippen LogP contribution >= 0.6 is 0 Å². The molecule has 1 aliphatic rings. The smallest absolute Gasteiger partial charge is 0.125 e. The van der Waals surface area contributed by atoms with Gasteiger partial charge in [-0.15, -0.1) is 0 Å². The molecule has 1 atom stereocenters. The van der Waals surface area contributed by atoms with E-state index in [1.807, 2.05) is 0 Å². The first-order valence-corrected chi connectivity index (χ1v) is 5.09. The topological polar surface area (TPSA) is 49.5 Å². The zero-order chi connectivity index (χ0) is 10.8. The standard InChI is InChI=1S/C11H15FN2O/c12-9-2-1-8(11(13)5-9)6-14-4-3-10(15)7-14/h1-2,5,10,15H,3-4,6-7,13H2. The Kier molecular flexibility index (Phi) is 2.88. The number of benzene rings is 1. The number of nitrogen functional groups attached to an aromatic ring is 1. The average molecular weight is 210 g/mol. The molecule has 0 aliphatic carbocycles. The lowest BCUT2D eigenvalue weighted by Gasteiger charge is -2.16. The van der Waals surface area contributed by atoms with E-state index in [1.165, 1.54) is 12.1 Å². The summed E-state index contributed by atoms with van der Waals surface area (Å²) in [5.74, 6) is -0.308. The van der Waals surface area contributed by atoms with Crippen LogP contribution in [0.1, 0.15) is 12.0 Å². The number of β-amino-alcohol motifs (C(OH)–C–C–N with tert-alkyl or cyclic N) is 1. The number of aliphatic hydroxyl groups is 1. The number of nitrogens with zero attached hydrogens (tertiary/aromatic N) is 1. The van der Waals surface area contributed by atoms with E-state index in [2.05, 4.69) is 4.90 Å². The van der Waals surface area contributed by atoms with Crippen molar-refractivity contribution in [3.8, 4) is 0 Å². The van der Waals surface area contributed by atoms with E-state index in [0.29, 0.717) is 18.8 Å². The van der Waals surface area contributed by atoms with Crippen LogP contribution in [0.15, 0.2) is 18.2 Å². The van der Waals surface area contributed by atoms with Crippen LogP contribution < -0.4 is 5.73 Å². The third-order valence-electron chi connectivity index (χ3n) is 2.75. The fraction of sp³-hybridized carbons (Fsp3) is 0.455. The van der Waals surface area contributed by atoms with Crippen LogP contribution in [0, 0.1) is 5.82 Å². The fourth-order valence-electron chi connectivity index (χ4n) is 1.91. The van der Waals surface area contributed by atoms with Gasteiger partial charge in [-0.2, -0.15) is 0 Å². The summed E-state index contributed by atoms with van der Waals surface area (Å²) >= 11 is 0. The van der Waals surface area contributed by atoms with Crippen molar-refractivity contribution in [1.29, 1.82) is 0 Å². The second-order valence-electron chi connectivity index (χ2n) is 4.02. The SMILES string of the molecule is Nc1cc(F)ccc1CN1CCC(O)C1. The summed E-state index contributed by atoms with van der Waals surface area (Å²) in [6, 6.07) is 4.45. The Morgan fingerprint density at radius 3 is 2.93 bits per heavy atom. The van der Waals surface area contributed by atoms with Crippen molar-refractivity contribution in [2.45, 2.75) is 19.1 Å². The fourth-order valence-corrected chi connectivity index (χ4v) is 1.91. The number of hydrogen-bond donors (Lipinski definition) is 2. The molecular weight excluding hydrogens is 195 g/mol. The number of hydrogen-bond acceptors (Lipinski definition) is 3. The first-order chi connectivity index (χ1) is 7.15. The molecule has 1 aromatic rings. The molecule has 0 spiro atoms. The molecule has 2 rings (SSSR count). The van der Waals surface area contributed by atoms with Crippen LogP contribution in [0.2, 0.25) is 0 Å². The zero-order valence-corrected chi connectivity index (χ0v) is 8.49. The van der Waals surface area contributed by atoms with Gasteiger partial charge in [0.15, 0.2) is 0 Å². The normalized spacial score (nSPS) is 22.1. The molecule has 1 aromatic carbocycles. The van der Waals surface area contributed by atoms with Gasteiger partial charge in [0, 0.05) is 25.3 Å². The van der Waals surface area contributed by atoms with Gasteiger partial charge in [0.1, 0.15) is 5.82 Å². The summed E-state index contributed by atoms with van der Waals surface area (Å²) in [4.78, 5) is 2.12. The van der Waals surface area contributed by atoms with Gasteiger partial charge in [-0.1, -0.05) is 6.07 Å². The van der Waals surface area contributed by atoms with Crippen molar-refractivity contribution in [2.75, 3.05) is 18.8 Å². The molecular formula is C11H15FN2O. The molecule has 0 saturated carbocycles. The molecule has 15 heavy (non-hydrogen) atoms. The molecule has 0 bridgehead atoms. The van der Waals surface area contributed by atoms with Crippen LogP contribution in [0.5, 0.6) is 0 Å². The largest absolute Gasteiger partial charge is 0.398 e. The Hall–Kier alpha value is -1.13. The predicted octanol–water partition coefficient (Wildman–Crippen LogP) is 0.975. The van der Waals surface area contributed by atoms with Crippen molar-refractivity contribution in [1.82, 2.24) is 4.90 Å². The maximum absolute atomic E-state index is 12.8. The maximum atomic E-state index is 12.8. The average Bonchev–Trinajstić information content (AvgIpc) is 2.56. The van der Waals surface area contributed by atoms with Crippen LogP contribution in [-0.4, -0.2) is 29.2 Å². The zero-order valence-electron chi connectivity index (χ0n) is 8.49. The molecule has 1 heterocycles. The molecule has 0 amide bonds. The van der Waals surface area contributed by atoms with Gasteiger partial charge in [0.25, 0.3) is 0 Å². The quantitative estimate of drug-likeness (QED) is 0.715. The highest BCUT2D eigenvalue weighted by Gasteiger charge is 2.20. The molecule has 3 N–H and O–H groups in total. The maximum Gasteiger partial charge on any atom is 0.125 e. The van der Waals surface area contributed by atoms with Gasteiger partial charge < -0.3 is 10.8 Å². The molecule has 0 radical (unpaired) electrons. The van der Waals surface area contributed by atoms with Gasteiger partial charge in [-0.25, -0.2) is 4.39 Å². The van der Waals surface area contributed by atoms with Crippen molar-refractivity contribution >= 4 is 5.69 Å². The monoisotopic (exact) mass is 210 g/mol. The summed E-state index contributed by atoms with van der Waals surface area (Å²) in [7, 11) is 0. The molecule has 4 heteroatoms. The van der Waals surface area contributed by atoms with Gasteiger partial charge in [0.05, 0.1) is 6.10 Å². The van der Waals surface area contributed by atoms with Crippen molar-refractivity contribution in [3.05, 3.63) is 29.6 Å². The molecule has 1 fully saturated rings. The van der Waals surface area contributed by atoms with Crippen LogP contribution in [-0.2, 0) is 6.54 Å². The van der Waals surface area contributed by atoms with E-state index in [0.717, 1.165) is 18.5 Å². The van der Waals surface area contributed by atoms with Gasteiger partial charge >= 0.3 is 0 Å². The van der Waals surface area contributed by atoms with E-state index >= 15 is 0 Å². The lowest BCUT2D eigenvalue weighted by molar-refractivity contribution is 0.175. The highest BCUT2D eigenvalue weighted by molar-refractivity contribution is 5.46. The summed E-state index contributed by atoms with van der Waals surface area (Å²) in [5.41, 5.74) is 7.11. The number of nitrogens with two attached hydrogens (primary N) is 1. The van der Waals surface area contributed by atoms with Gasteiger partial charge in [-0.3, -0.25) is 4.90 Å². The Morgan fingerprint density at radius 1 is 1.53 bits per heavy atom. The predicted molar refractivity (Wildman–Crippen MR) is 56.7 cm³/mol. The third kappa shape index (κ3) is 2.46. The number of anilines is 1. The van der Waals surface area contributed by atoms with Crippen molar-refractivity contribution in [2.24, 2.45) is 0 Å². The highest BCUT2D eigenvalue weighted by Crippen LogP contribution is 2.18. The first kappa shape index (κ1) is 10.4. The summed E-state index contributed by atoms with van der Waals surface area (Å²) in [5, 5.41) is 9.36. The van der Waals surface area contributed by atoms with E-state index in [1.54, 1.807) is 6.07 Å². The Labute approximate surface area is 88.3 Å². The second-order valence-corrected chi connectivity index (χ2v) is 4.02. The lowest BCUT2D eigenvalue weighted by atomic mass is 10.1. The number of rotatable bonds is 2. The Balaban J connectivity index is 2.04. The summed E-state index contributed by atoms with van der Waals surface area (Å²) in [6.07, 6.45) is 0.577. The number of halogens is 1. The lowest BCUT2D eigenvalue weighted by Crippen LogP contribution is -2.22. The van der Waals surface area contributed by atoms with E-state index in [-0.39, 0.29) is 11.9 Å². The highest BCUT2D eigenvalue weighted by atomic mass is 19.1. The second kappa shape index (κ2) is 4.16. The summed E-state index contributed by atoms with van der Waals surface area (Å²) in [6.45, 7) is 2.23. The molecule has 1 aliphatic heterocycles. The van der Waals surface area contributed by atoms with Crippen LogP contribution in [0.4, 0.5) is 10.1 Å². The molecule has 1 saturated heterocycles. The Bertz CT molecular complexity index is 356. The van der Waals surface area contributed by atoms with E-state index in [4.69, 9.17) is 5.73 Å². The third-order valence-corrected chi connectivity index (χ3v) is 2.75. The van der Waals surface area contributed by atoms with Crippen molar-refractivity contribution in [3.63, 3.8) is 0 Å². The van der Waals surface area contributed by atoms with Crippen molar-refractivity contribution < 1.29 is 9.50 Å². The number of likely N-dealkylation sites (tertiary alicyclic amines) is 1. The first-order valence-electron chi connectivity index (χ1n) is 5.09. The van der Waals surface area contributed by atoms with E-state index < -0.39 is 0 Å². The van der Waals surface area contributed by atoms with E-state index in [9.17, 15) is 9.50 Å². The minimum absolute atomic E-state index is 0.230. The molecule has 82 valence electrons. The number of aliphatic hydroxyl groups excluding tert-OH is 1. The molecule has 1 unspecified atom stereocenters. The van der Waals surface area contributed by atoms with Gasteiger partial charge in [0.2, 0.25) is 0 Å².